The van der Waals surface area contributed by atoms with E-state index in [1.165, 1.54) is 0 Å². The van der Waals surface area contributed by atoms with Crippen molar-refractivity contribution in [1.29, 1.82) is 0 Å². The number of H-pyrrole nitrogens is 1. The smallest absolute Gasteiger partial charge is 0.243 e. The van der Waals surface area contributed by atoms with Crippen molar-refractivity contribution >= 4 is 17.5 Å². The zero-order valence-corrected chi connectivity index (χ0v) is 9.26. The van der Waals surface area contributed by atoms with Gasteiger partial charge in [0.1, 0.15) is 0 Å². The van der Waals surface area contributed by atoms with Crippen LogP contribution in [-0.2, 0) is 9.59 Å². The summed E-state index contributed by atoms with van der Waals surface area (Å²) in [5.41, 5.74) is 7.21. The summed E-state index contributed by atoms with van der Waals surface area (Å²) in [6.45, 7) is 3.35. The molecule has 0 saturated carbocycles. The average Bonchev–Trinajstić information content (AvgIpc) is 2.57. The van der Waals surface area contributed by atoms with Gasteiger partial charge < -0.3 is 16.4 Å². The van der Waals surface area contributed by atoms with Gasteiger partial charge in [0.2, 0.25) is 11.8 Å². The molecular weight excluding hydrogens is 210 g/mol. The molecule has 2 amide bonds. The second-order valence-electron chi connectivity index (χ2n) is 3.34. The molecule has 1 rings (SSSR count). The Balaban J connectivity index is 2.49. The van der Waals surface area contributed by atoms with E-state index in [2.05, 4.69) is 20.8 Å². The molecule has 0 radical (unpaired) electrons. The fourth-order valence-corrected chi connectivity index (χ4v) is 1.17. The van der Waals surface area contributed by atoms with Gasteiger partial charge in [-0.05, 0) is 13.8 Å². The number of aromatic amines is 1. The van der Waals surface area contributed by atoms with Crippen molar-refractivity contribution in [3.05, 3.63) is 11.4 Å². The van der Waals surface area contributed by atoms with E-state index in [-0.39, 0.29) is 24.9 Å². The van der Waals surface area contributed by atoms with E-state index in [9.17, 15) is 9.59 Å². The molecule has 0 unspecified atom stereocenters. The quantitative estimate of drug-likeness (QED) is 0.528. The van der Waals surface area contributed by atoms with Crippen molar-refractivity contribution in [2.24, 2.45) is 5.73 Å². The van der Waals surface area contributed by atoms with E-state index in [0.29, 0.717) is 11.4 Å². The zero-order chi connectivity index (χ0) is 12.1. The molecule has 1 aromatic rings. The monoisotopic (exact) mass is 225 g/mol. The zero-order valence-electron chi connectivity index (χ0n) is 9.26. The lowest BCUT2D eigenvalue weighted by molar-refractivity contribution is -0.123. The van der Waals surface area contributed by atoms with Crippen LogP contribution in [0.4, 0.5) is 5.69 Å². The number of anilines is 1. The van der Waals surface area contributed by atoms with E-state index < -0.39 is 0 Å². The number of carbonyl (C=O) groups excluding carboxylic acids is 2. The first kappa shape index (κ1) is 12.2. The molecule has 0 atom stereocenters. The third-order valence-corrected chi connectivity index (χ3v) is 2.02. The van der Waals surface area contributed by atoms with Gasteiger partial charge in [-0.15, -0.1) is 0 Å². The second kappa shape index (κ2) is 5.26. The summed E-state index contributed by atoms with van der Waals surface area (Å²) >= 11 is 0. The second-order valence-corrected chi connectivity index (χ2v) is 3.34. The third-order valence-electron chi connectivity index (χ3n) is 2.02. The van der Waals surface area contributed by atoms with Crippen LogP contribution < -0.4 is 16.4 Å². The van der Waals surface area contributed by atoms with Crippen molar-refractivity contribution in [2.45, 2.75) is 13.8 Å². The van der Waals surface area contributed by atoms with Crippen LogP contribution in [-0.4, -0.2) is 35.1 Å². The number of hydrogen-bond acceptors (Lipinski definition) is 4. The highest BCUT2D eigenvalue weighted by molar-refractivity contribution is 5.95. The Labute approximate surface area is 92.8 Å². The Hall–Kier alpha value is -1.89. The topological polar surface area (TPSA) is 113 Å². The molecule has 0 aliphatic rings. The minimum absolute atomic E-state index is 0.0971. The number of amides is 2. The van der Waals surface area contributed by atoms with Crippen LogP contribution in [0.3, 0.4) is 0 Å². The molecule has 1 aromatic heterocycles. The lowest BCUT2D eigenvalue weighted by Crippen LogP contribution is -2.36. The van der Waals surface area contributed by atoms with Crippen LogP contribution in [0.2, 0.25) is 0 Å². The number of hydrogen-bond donors (Lipinski definition) is 4. The molecule has 0 aliphatic carbocycles. The predicted octanol–water partition coefficient (Wildman–Crippen LogP) is -0.960. The van der Waals surface area contributed by atoms with Gasteiger partial charge in [-0.1, -0.05) is 0 Å². The fraction of sp³-hybridized carbons (Fsp3) is 0.444. The summed E-state index contributed by atoms with van der Waals surface area (Å²) in [5, 5.41) is 11.7. The first-order valence-corrected chi connectivity index (χ1v) is 4.82. The van der Waals surface area contributed by atoms with Crippen molar-refractivity contribution in [3.8, 4) is 0 Å². The van der Waals surface area contributed by atoms with Gasteiger partial charge in [0.15, 0.2) is 0 Å². The number of carbonyl (C=O) groups is 2. The van der Waals surface area contributed by atoms with Crippen molar-refractivity contribution in [2.75, 3.05) is 18.4 Å². The minimum atomic E-state index is -0.365. The maximum atomic E-state index is 11.4. The van der Waals surface area contributed by atoms with Crippen LogP contribution in [0.5, 0.6) is 0 Å². The SMILES string of the molecule is Cc1n[nH]c(C)c1NC(=O)CNC(=O)CN. The summed E-state index contributed by atoms with van der Waals surface area (Å²) in [4.78, 5) is 22.2. The maximum absolute atomic E-state index is 11.4. The highest BCUT2D eigenvalue weighted by atomic mass is 16.2. The van der Waals surface area contributed by atoms with Crippen LogP contribution in [0.15, 0.2) is 0 Å². The number of nitrogens with one attached hydrogen (secondary N) is 3. The summed E-state index contributed by atoms with van der Waals surface area (Å²) in [5.74, 6) is -0.676. The summed E-state index contributed by atoms with van der Waals surface area (Å²) < 4.78 is 0. The molecule has 0 fully saturated rings. The van der Waals surface area contributed by atoms with Gasteiger partial charge in [0.05, 0.1) is 30.2 Å². The maximum Gasteiger partial charge on any atom is 0.243 e. The molecule has 0 spiro atoms. The first-order chi connectivity index (χ1) is 7.54. The number of nitrogens with two attached hydrogens (primary N) is 1. The van der Waals surface area contributed by atoms with E-state index in [1.54, 1.807) is 13.8 Å². The molecule has 7 heteroatoms. The molecular formula is C9H15N5O2. The molecule has 0 saturated heterocycles. The van der Waals surface area contributed by atoms with Crippen molar-refractivity contribution < 1.29 is 9.59 Å². The number of nitrogens with zero attached hydrogens (tertiary/aromatic N) is 1. The standard InChI is InChI=1S/C9H15N5O2/c1-5-9(6(2)14-13-5)12-8(16)4-11-7(15)3-10/h3-4,10H2,1-2H3,(H,11,15)(H,12,16)(H,13,14). The van der Waals surface area contributed by atoms with Crippen molar-refractivity contribution in [1.82, 2.24) is 15.5 Å². The van der Waals surface area contributed by atoms with Gasteiger partial charge in [-0.2, -0.15) is 5.10 Å². The summed E-state index contributed by atoms with van der Waals surface area (Å²) in [6, 6.07) is 0. The third kappa shape index (κ3) is 3.06. The van der Waals surface area contributed by atoms with Crippen LogP contribution in [0, 0.1) is 13.8 Å². The number of aryl methyl sites for hydroxylation is 2. The molecule has 0 aliphatic heterocycles. The van der Waals surface area contributed by atoms with Crippen LogP contribution in [0.1, 0.15) is 11.4 Å². The van der Waals surface area contributed by atoms with Crippen LogP contribution in [0.25, 0.3) is 0 Å². The molecule has 16 heavy (non-hydrogen) atoms. The first-order valence-electron chi connectivity index (χ1n) is 4.82. The van der Waals surface area contributed by atoms with E-state index in [4.69, 9.17) is 5.73 Å². The lowest BCUT2D eigenvalue weighted by atomic mass is 10.3. The fourth-order valence-electron chi connectivity index (χ4n) is 1.17. The van der Waals surface area contributed by atoms with Gasteiger partial charge in [-0.25, -0.2) is 0 Å². The van der Waals surface area contributed by atoms with Gasteiger partial charge in [0.25, 0.3) is 0 Å². The molecule has 7 nitrogen and oxygen atoms in total. The number of aromatic nitrogens is 2. The molecule has 88 valence electrons. The normalized spacial score (nSPS) is 9.94. The van der Waals surface area contributed by atoms with Gasteiger partial charge in [0, 0.05) is 0 Å². The van der Waals surface area contributed by atoms with E-state index in [1.807, 2.05) is 0 Å². The van der Waals surface area contributed by atoms with Crippen molar-refractivity contribution in [3.63, 3.8) is 0 Å². The Bertz CT molecular complexity index is 379. The average molecular weight is 225 g/mol. The Morgan fingerprint density at radius 2 is 2.06 bits per heavy atom. The molecule has 5 N–H and O–H groups in total. The predicted molar refractivity (Wildman–Crippen MR) is 58.8 cm³/mol. The van der Waals surface area contributed by atoms with Gasteiger partial charge in [-0.3, -0.25) is 14.7 Å². The van der Waals surface area contributed by atoms with Crippen LogP contribution >= 0.6 is 0 Å². The van der Waals surface area contributed by atoms with E-state index in [0.717, 1.165) is 5.69 Å². The Kier molecular flexibility index (Phi) is 4.01. The lowest BCUT2D eigenvalue weighted by Gasteiger charge is -2.05. The molecule has 0 aromatic carbocycles. The molecule has 0 bridgehead atoms. The summed E-state index contributed by atoms with van der Waals surface area (Å²) in [7, 11) is 0. The highest BCUT2D eigenvalue weighted by Gasteiger charge is 2.10. The number of rotatable bonds is 4. The molecule has 1 heterocycles. The minimum Gasteiger partial charge on any atom is -0.346 e. The summed E-state index contributed by atoms with van der Waals surface area (Å²) in [6.07, 6.45) is 0. The van der Waals surface area contributed by atoms with E-state index >= 15 is 0 Å². The van der Waals surface area contributed by atoms with Gasteiger partial charge >= 0.3 is 0 Å². The highest BCUT2D eigenvalue weighted by Crippen LogP contribution is 2.15. The Morgan fingerprint density at radius 3 is 2.56 bits per heavy atom. The largest absolute Gasteiger partial charge is 0.346 e. The Morgan fingerprint density at radius 1 is 1.38 bits per heavy atom.